The molecule has 0 saturated heterocycles. The van der Waals surface area contributed by atoms with E-state index >= 15 is 0 Å². The number of Topliss-reactive ketones (excluding diaryl/α,β-unsaturated/α-hetero) is 1. The zero-order chi connectivity index (χ0) is 14.7. The van der Waals surface area contributed by atoms with E-state index in [2.05, 4.69) is 5.32 Å². The van der Waals surface area contributed by atoms with Crippen molar-refractivity contribution < 1.29 is 9.53 Å². The number of carbonyl (C=O) groups excluding carboxylic acids is 1. The van der Waals surface area contributed by atoms with Crippen LogP contribution in [0.15, 0.2) is 42.5 Å². The van der Waals surface area contributed by atoms with E-state index in [1.54, 1.807) is 7.11 Å². The topological polar surface area (TPSA) is 38.3 Å². The molecule has 3 nitrogen and oxygen atoms in total. The molecule has 0 bridgehead atoms. The number of hydrogen-bond donors (Lipinski definition) is 1. The van der Waals surface area contributed by atoms with Crippen molar-refractivity contribution in [3.05, 3.63) is 59.2 Å². The Morgan fingerprint density at radius 1 is 1.24 bits per heavy atom. The summed E-state index contributed by atoms with van der Waals surface area (Å²) in [7, 11) is 1.64. The first-order chi connectivity index (χ1) is 10.3. The predicted molar refractivity (Wildman–Crippen MR) is 84.3 cm³/mol. The van der Waals surface area contributed by atoms with Gasteiger partial charge in [0, 0.05) is 24.2 Å². The Morgan fingerprint density at radius 2 is 2.14 bits per heavy atom. The van der Waals surface area contributed by atoms with Gasteiger partial charge in [-0.05, 0) is 54.3 Å². The van der Waals surface area contributed by atoms with Crippen molar-refractivity contribution in [3.8, 4) is 5.75 Å². The molecular weight excluding hydrogens is 262 g/mol. The number of fused-ring (bicyclic) bond motifs is 1. The molecular formula is C18H19NO2. The molecule has 0 aromatic heterocycles. The molecule has 0 radical (unpaired) electrons. The van der Waals surface area contributed by atoms with Gasteiger partial charge in [0.05, 0.1) is 7.11 Å². The number of ether oxygens (including phenoxy) is 1. The average molecular weight is 281 g/mol. The summed E-state index contributed by atoms with van der Waals surface area (Å²) < 4.78 is 5.20. The van der Waals surface area contributed by atoms with Crippen LogP contribution in [0.2, 0.25) is 0 Å². The standard InChI is InChI=1S/C18H19NO2/c1-21-16-6-2-4-13(10-16)11-18(20)15-7-8-17-14(12-15)5-3-9-19-17/h2,4,6-8,10,12,19H,3,5,9,11H2,1H3. The van der Waals surface area contributed by atoms with Crippen molar-refractivity contribution in [1.29, 1.82) is 0 Å². The number of carbonyl (C=O) groups is 1. The summed E-state index contributed by atoms with van der Waals surface area (Å²) in [5.74, 6) is 0.937. The lowest BCUT2D eigenvalue weighted by Gasteiger charge is -2.18. The third-order valence-electron chi connectivity index (χ3n) is 3.86. The fourth-order valence-electron chi connectivity index (χ4n) is 2.72. The third kappa shape index (κ3) is 3.07. The van der Waals surface area contributed by atoms with Crippen molar-refractivity contribution in [2.24, 2.45) is 0 Å². The van der Waals surface area contributed by atoms with Crippen molar-refractivity contribution in [2.75, 3.05) is 19.0 Å². The van der Waals surface area contributed by atoms with Crippen LogP contribution < -0.4 is 10.1 Å². The van der Waals surface area contributed by atoms with E-state index in [-0.39, 0.29) is 5.78 Å². The maximum Gasteiger partial charge on any atom is 0.167 e. The number of anilines is 1. The average Bonchev–Trinajstić information content (AvgIpc) is 2.54. The smallest absolute Gasteiger partial charge is 0.167 e. The van der Waals surface area contributed by atoms with Crippen LogP contribution in [-0.4, -0.2) is 19.4 Å². The number of rotatable bonds is 4. The molecule has 1 aliphatic rings. The minimum absolute atomic E-state index is 0.150. The zero-order valence-electron chi connectivity index (χ0n) is 12.2. The molecule has 3 rings (SSSR count). The van der Waals surface area contributed by atoms with E-state index in [1.807, 2.05) is 42.5 Å². The summed E-state index contributed by atoms with van der Waals surface area (Å²) in [4.78, 5) is 12.4. The van der Waals surface area contributed by atoms with Gasteiger partial charge in [-0.25, -0.2) is 0 Å². The van der Waals surface area contributed by atoms with Crippen LogP contribution in [0.5, 0.6) is 5.75 Å². The van der Waals surface area contributed by atoms with Gasteiger partial charge < -0.3 is 10.1 Å². The van der Waals surface area contributed by atoms with E-state index in [0.717, 1.165) is 36.3 Å². The van der Waals surface area contributed by atoms with E-state index in [4.69, 9.17) is 4.74 Å². The number of ketones is 1. The normalized spacial score (nSPS) is 13.2. The molecule has 0 aliphatic carbocycles. The lowest BCUT2D eigenvalue weighted by atomic mass is 9.97. The summed E-state index contributed by atoms with van der Waals surface area (Å²) >= 11 is 0. The molecule has 1 aliphatic heterocycles. The van der Waals surface area contributed by atoms with E-state index in [0.29, 0.717) is 6.42 Å². The molecule has 2 aromatic carbocycles. The molecule has 1 N–H and O–H groups in total. The Bertz CT molecular complexity index is 664. The van der Waals surface area contributed by atoms with Gasteiger partial charge in [0.25, 0.3) is 0 Å². The number of aryl methyl sites for hydroxylation is 1. The zero-order valence-corrected chi connectivity index (χ0v) is 12.2. The lowest BCUT2D eigenvalue weighted by Crippen LogP contribution is -2.13. The maximum absolute atomic E-state index is 12.4. The summed E-state index contributed by atoms with van der Waals surface area (Å²) in [6.07, 6.45) is 2.58. The Hall–Kier alpha value is -2.29. The SMILES string of the molecule is COc1cccc(CC(=O)c2ccc3c(c2)CCCN3)c1. The number of nitrogens with one attached hydrogen (secondary N) is 1. The Morgan fingerprint density at radius 3 is 3.00 bits per heavy atom. The summed E-state index contributed by atoms with van der Waals surface area (Å²) in [5, 5.41) is 3.37. The van der Waals surface area contributed by atoms with Crippen molar-refractivity contribution in [3.63, 3.8) is 0 Å². The third-order valence-corrected chi connectivity index (χ3v) is 3.86. The van der Waals surface area contributed by atoms with Gasteiger partial charge in [0.1, 0.15) is 5.75 Å². The van der Waals surface area contributed by atoms with Crippen LogP contribution in [0.4, 0.5) is 5.69 Å². The van der Waals surface area contributed by atoms with Gasteiger partial charge in [-0.3, -0.25) is 4.79 Å². The van der Waals surface area contributed by atoms with Gasteiger partial charge in [-0.1, -0.05) is 12.1 Å². The highest BCUT2D eigenvalue weighted by Gasteiger charge is 2.13. The second-order valence-electron chi connectivity index (χ2n) is 5.35. The Balaban J connectivity index is 1.78. The summed E-state index contributed by atoms with van der Waals surface area (Å²) in [6.45, 7) is 1.02. The fourth-order valence-corrected chi connectivity index (χ4v) is 2.72. The van der Waals surface area contributed by atoms with E-state index in [1.165, 1.54) is 11.3 Å². The summed E-state index contributed by atoms with van der Waals surface area (Å²) in [6, 6.07) is 13.6. The van der Waals surface area contributed by atoms with Crippen LogP contribution >= 0.6 is 0 Å². The van der Waals surface area contributed by atoms with Crippen molar-refractivity contribution in [2.45, 2.75) is 19.3 Å². The Kier molecular flexibility index (Phi) is 3.91. The minimum atomic E-state index is 0.150. The summed E-state index contributed by atoms with van der Waals surface area (Å²) in [5.41, 5.74) is 4.19. The number of benzene rings is 2. The van der Waals surface area contributed by atoms with Crippen molar-refractivity contribution in [1.82, 2.24) is 0 Å². The largest absolute Gasteiger partial charge is 0.497 e. The Labute approximate surface area is 124 Å². The van der Waals surface area contributed by atoms with Gasteiger partial charge in [-0.15, -0.1) is 0 Å². The molecule has 3 heteroatoms. The molecule has 0 saturated carbocycles. The first-order valence-electron chi connectivity index (χ1n) is 7.29. The van der Waals surface area contributed by atoms with Gasteiger partial charge in [0.2, 0.25) is 0 Å². The maximum atomic E-state index is 12.4. The van der Waals surface area contributed by atoms with Crippen LogP contribution in [-0.2, 0) is 12.8 Å². The molecule has 0 unspecified atom stereocenters. The second kappa shape index (κ2) is 6.00. The number of methoxy groups -OCH3 is 1. The highest BCUT2D eigenvalue weighted by atomic mass is 16.5. The lowest BCUT2D eigenvalue weighted by molar-refractivity contribution is 0.0993. The van der Waals surface area contributed by atoms with E-state index in [9.17, 15) is 4.79 Å². The van der Waals surface area contributed by atoms with Crippen LogP contribution in [0.25, 0.3) is 0 Å². The molecule has 108 valence electrons. The van der Waals surface area contributed by atoms with Crippen LogP contribution in [0.3, 0.4) is 0 Å². The van der Waals surface area contributed by atoms with E-state index < -0.39 is 0 Å². The predicted octanol–water partition coefficient (Wildman–Crippen LogP) is 3.48. The van der Waals surface area contributed by atoms with Gasteiger partial charge in [0.15, 0.2) is 5.78 Å². The first-order valence-corrected chi connectivity index (χ1v) is 7.29. The second-order valence-corrected chi connectivity index (χ2v) is 5.35. The minimum Gasteiger partial charge on any atom is -0.497 e. The molecule has 0 spiro atoms. The molecule has 1 heterocycles. The quantitative estimate of drug-likeness (QED) is 0.872. The molecule has 0 atom stereocenters. The molecule has 2 aromatic rings. The highest BCUT2D eigenvalue weighted by molar-refractivity contribution is 5.98. The molecule has 21 heavy (non-hydrogen) atoms. The van der Waals surface area contributed by atoms with Crippen molar-refractivity contribution >= 4 is 11.5 Å². The fraction of sp³-hybridized carbons (Fsp3) is 0.278. The van der Waals surface area contributed by atoms with Crippen LogP contribution in [0, 0.1) is 0 Å². The monoisotopic (exact) mass is 281 g/mol. The van der Waals surface area contributed by atoms with Gasteiger partial charge in [-0.2, -0.15) is 0 Å². The molecule has 0 amide bonds. The van der Waals surface area contributed by atoms with Crippen LogP contribution in [0.1, 0.15) is 27.9 Å². The number of hydrogen-bond acceptors (Lipinski definition) is 3. The van der Waals surface area contributed by atoms with Gasteiger partial charge >= 0.3 is 0 Å². The first kappa shape index (κ1) is 13.7. The highest BCUT2D eigenvalue weighted by Crippen LogP contribution is 2.24. The molecule has 0 fully saturated rings.